The van der Waals surface area contributed by atoms with Crippen LogP contribution in [-0.2, 0) is 16.0 Å². The molecule has 0 saturated carbocycles. The zero-order valence-corrected chi connectivity index (χ0v) is 13.9. The lowest BCUT2D eigenvalue weighted by molar-refractivity contribution is -0.133. The number of nitrogens with zero attached hydrogens (tertiary/aromatic N) is 1. The van der Waals surface area contributed by atoms with Crippen LogP contribution >= 0.6 is 23.2 Å². The zero-order valence-electron chi connectivity index (χ0n) is 12.4. The van der Waals surface area contributed by atoms with Gasteiger partial charge in [-0.2, -0.15) is 0 Å². The second kappa shape index (κ2) is 7.84. The van der Waals surface area contributed by atoms with Crippen LogP contribution in [0, 0.1) is 5.92 Å². The van der Waals surface area contributed by atoms with Gasteiger partial charge in [0, 0.05) is 36.0 Å². The van der Waals surface area contributed by atoms with E-state index in [4.69, 9.17) is 28.9 Å². The summed E-state index contributed by atoms with van der Waals surface area (Å²) < 4.78 is 0. The lowest BCUT2D eigenvalue weighted by atomic mass is 9.94. The highest BCUT2D eigenvalue weighted by atomic mass is 35.5. The van der Waals surface area contributed by atoms with Crippen LogP contribution in [-0.4, -0.2) is 29.8 Å². The maximum atomic E-state index is 12.3. The third kappa shape index (κ3) is 4.89. The number of halogens is 2. The molecule has 1 heterocycles. The number of hydrogen-bond donors (Lipinski definition) is 1. The first kappa shape index (κ1) is 17.1. The van der Waals surface area contributed by atoms with Crippen LogP contribution in [0.5, 0.6) is 0 Å². The van der Waals surface area contributed by atoms with Gasteiger partial charge in [-0.05, 0) is 42.9 Å². The van der Waals surface area contributed by atoms with Crippen molar-refractivity contribution >= 4 is 35.0 Å². The normalized spacial score (nSPS) is 18.3. The highest BCUT2D eigenvalue weighted by Gasteiger charge is 2.24. The molecule has 0 bridgehead atoms. The second-order valence-corrected chi connectivity index (χ2v) is 6.60. The Kier molecular flexibility index (Phi) is 6.09. The summed E-state index contributed by atoms with van der Waals surface area (Å²) in [5.74, 6) is -0.0123. The summed E-state index contributed by atoms with van der Waals surface area (Å²) in [6, 6.07) is 5.31. The van der Waals surface area contributed by atoms with Gasteiger partial charge in [0.15, 0.2) is 0 Å². The number of carbonyl (C=O) groups is 2. The second-order valence-electron chi connectivity index (χ2n) is 5.75. The first-order valence-electron chi connectivity index (χ1n) is 7.45. The van der Waals surface area contributed by atoms with Crippen LogP contribution in [0.15, 0.2) is 18.2 Å². The molecule has 1 unspecified atom stereocenters. The van der Waals surface area contributed by atoms with Crippen molar-refractivity contribution in [1.82, 2.24) is 4.90 Å². The lowest BCUT2D eigenvalue weighted by Gasteiger charge is -2.32. The van der Waals surface area contributed by atoms with Gasteiger partial charge in [0.1, 0.15) is 0 Å². The number of piperidine rings is 1. The van der Waals surface area contributed by atoms with Gasteiger partial charge in [-0.15, -0.1) is 0 Å². The number of primary amides is 1. The average Bonchev–Trinajstić information content (AvgIpc) is 2.45. The molecule has 120 valence electrons. The number of aryl methyl sites for hydroxylation is 1. The number of carbonyl (C=O) groups excluding carboxylic acids is 2. The Morgan fingerprint density at radius 2 is 2.09 bits per heavy atom. The van der Waals surface area contributed by atoms with Gasteiger partial charge in [0.2, 0.25) is 11.8 Å². The fourth-order valence-electron chi connectivity index (χ4n) is 2.87. The molecule has 2 rings (SSSR count). The smallest absolute Gasteiger partial charge is 0.222 e. The summed E-state index contributed by atoms with van der Waals surface area (Å²) in [6.45, 7) is 1.37. The van der Waals surface area contributed by atoms with Crippen LogP contribution in [0.2, 0.25) is 10.0 Å². The van der Waals surface area contributed by atoms with Crippen molar-refractivity contribution in [2.24, 2.45) is 11.7 Å². The number of hydrogen-bond acceptors (Lipinski definition) is 2. The third-order valence-corrected chi connectivity index (χ3v) is 4.57. The molecule has 1 aromatic rings. The summed E-state index contributed by atoms with van der Waals surface area (Å²) in [6.07, 6.45) is 3.23. The standard InChI is InChI=1S/C16H20Cl2N2O2/c17-13-5-3-12(14(18)9-13)4-6-16(22)20-7-1-2-11(10-20)8-15(19)21/h3,5,9,11H,1-2,4,6-8,10H2,(H2,19,21). The Balaban J connectivity index is 1.87. The molecule has 1 fully saturated rings. The average molecular weight is 343 g/mol. The van der Waals surface area contributed by atoms with Crippen LogP contribution in [0.25, 0.3) is 0 Å². The van der Waals surface area contributed by atoms with E-state index < -0.39 is 0 Å². The number of amides is 2. The number of nitrogens with two attached hydrogens (primary N) is 1. The van der Waals surface area contributed by atoms with Crippen molar-refractivity contribution in [2.45, 2.75) is 32.1 Å². The summed E-state index contributed by atoms with van der Waals surface area (Å²) in [7, 11) is 0. The third-order valence-electron chi connectivity index (χ3n) is 3.98. The van der Waals surface area contributed by atoms with Gasteiger partial charge in [-0.3, -0.25) is 9.59 Å². The van der Waals surface area contributed by atoms with E-state index in [2.05, 4.69) is 0 Å². The van der Waals surface area contributed by atoms with E-state index in [1.54, 1.807) is 12.1 Å². The topological polar surface area (TPSA) is 63.4 Å². The molecule has 6 heteroatoms. The molecule has 1 aromatic carbocycles. The van der Waals surface area contributed by atoms with Crippen molar-refractivity contribution < 1.29 is 9.59 Å². The van der Waals surface area contributed by atoms with Crippen LogP contribution in [0.1, 0.15) is 31.2 Å². The minimum Gasteiger partial charge on any atom is -0.370 e. The maximum absolute atomic E-state index is 12.3. The number of likely N-dealkylation sites (tertiary alicyclic amines) is 1. The molecule has 4 nitrogen and oxygen atoms in total. The minimum atomic E-state index is -0.299. The van der Waals surface area contributed by atoms with E-state index in [-0.39, 0.29) is 17.7 Å². The Bertz CT molecular complexity index is 563. The first-order chi connectivity index (χ1) is 10.5. The van der Waals surface area contributed by atoms with Crippen LogP contribution < -0.4 is 5.73 Å². The Labute approximate surface area is 140 Å². The maximum Gasteiger partial charge on any atom is 0.222 e. The van der Waals surface area contributed by atoms with E-state index in [9.17, 15) is 9.59 Å². The van der Waals surface area contributed by atoms with Gasteiger partial charge in [-0.25, -0.2) is 0 Å². The van der Waals surface area contributed by atoms with E-state index >= 15 is 0 Å². The SMILES string of the molecule is NC(=O)CC1CCCN(C(=O)CCc2ccc(Cl)cc2Cl)C1. The first-order valence-corrected chi connectivity index (χ1v) is 8.21. The Hall–Kier alpha value is -1.26. The van der Waals surface area contributed by atoms with E-state index in [1.165, 1.54) is 0 Å². The van der Waals surface area contributed by atoms with Crippen LogP contribution in [0.3, 0.4) is 0 Å². The lowest BCUT2D eigenvalue weighted by Crippen LogP contribution is -2.41. The minimum absolute atomic E-state index is 0.0974. The zero-order chi connectivity index (χ0) is 16.1. The van der Waals surface area contributed by atoms with Gasteiger partial charge in [-0.1, -0.05) is 29.3 Å². The Morgan fingerprint density at radius 3 is 2.77 bits per heavy atom. The molecule has 0 radical (unpaired) electrons. The Morgan fingerprint density at radius 1 is 1.32 bits per heavy atom. The number of rotatable bonds is 5. The molecular weight excluding hydrogens is 323 g/mol. The molecule has 2 amide bonds. The van der Waals surface area contributed by atoms with Crippen molar-refractivity contribution in [3.05, 3.63) is 33.8 Å². The molecule has 1 aliphatic rings. The fraction of sp³-hybridized carbons (Fsp3) is 0.500. The van der Waals surface area contributed by atoms with E-state index in [0.29, 0.717) is 35.9 Å². The van der Waals surface area contributed by atoms with Gasteiger partial charge < -0.3 is 10.6 Å². The number of benzene rings is 1. The molecule has 22 heavy (non-hydrogen) atoms. The highest BCUT2D eigenvalue weighted by molar-refractivity contribution is 6.35. The van der Waals surface area contributed by atoms with Crippen molar-refractivity contribution in [2.75, 3.05) is 13.1 Å². The molecule has 1 atom stereocenters. The van der Waals surface area contributed by atoms with Crippen molar-refractivity contribution in [1.29, 1.82) is 0 Å². The summed E-state index contributed by atoms with van der Waals surface area (Å²) in [5, 5.41) is 1.18. The van der Waals surface area contributed by atoms with Gasteiger partial charge in [0.25, 0.3) is 0 Å². The quantitative estimate of drug-likeness (QED) is 0.893. The van der Waals surface area contributed by atoms with Crippen LogP contribution in [0.4, 0.5) is 0 Å². The van der Waals surface area contributed by atoms with Gasteiger partial charge >= 0.3 is 0 Å². The molecule has 1 aliphatic heterocycles. The monoisotopic (exact) mass is 342 g/mol. The predicted molar refractivity (Wildman–Crippen MR) is 87.9 cm³/mol. The van der Waals surface area contributed by atoms with Gasteiger partial charge in [0.05, 0.1) is 0 Å². The predicted octanol–water partition coefficient (Wildman–Crippen LogP) is 3.04. The molecule has 2 N–H and O–H groups in total. The summed E-state index contributed by atoms with van der Waals surface area (Å²) in [5.41, 5.74) is 6.16. The fourth-order valence-corrected chi connectivity index (χ4v) is 3.37. The molecule has 0 aromatic heterocycles. The summed E-state index contributed by atoms with van der Waals surface area (Å²) in [4.78, 5) is 25.2. The van der Waals surface area contributed by atoms with E-state index in [0.717, 1.165) is 24.9 Å². The van der Waals surface area contributed by atoms with Crippen molar-refractivity contribution in [3.63, 3.8) is 0 Å². The van der Waals surface area contributed by atoms with E-state index in [1.807, 2.05) is 11.0 Å². The molecule has 0 aliphatic carbocycles. The molecule has 0 spiro atoms. The largest absolute Gasteiger partial charge is 0.370 e. The highest BCUT2D eigenvalue weighted by Crippen LogP contribution is 2.23. The molecule has 1 saturated heterocycles. The summed E-state index contributed by atoms with van der Waals surface area (Å²) >= 11 is 12.0. The molecular formula is C16H20Cl2N2O2. The van der Waals surface area contributed by atoms with Crippen molar-refractivity contribution in [3.8, 4) is 0 Å².